The number of nitrogens with one attached hydrogen (secondary N) is 1. The molecule has 2 saturated carbocycles. The standard InChI is InChI=1S/C24H26N4O/c29-15-24(11-12-24)18-8-6-16(7-9-18)21-20-14-26-22-19(10-13-25-22)28(20)23(27-21)17-4-2-1-3-5-17/h6-10,13-14,17,25,29H,1-5,11-12,15H2. The van der Waals surface area contributed by atoms with Gasteiger partial charge in [0.25, 0.3) is 0 Å². The first-order chi connectivity index (χ1) is 14.3. The van der Waals surface area contributed by atoms with Gasteiger partial charge in [-0.05, 0) is 37.3 Å². The van der Waals surface area contributed by atoms with Crippen LogP contribution in [0.4, 0.5) is 0 Å². The summed E-state index contributed by atoms with van der Waals surface area (Å²) in [6, 6.07) is 10.8. The number of aromatic nitrogens is 4. The van der Waals surface area contributed by atoms with Crippen LogP contribution >= 0.6 is 0 Å². The zero-order valence-electron chi connectivity index (χ0n) is 16.6. The Balaban J connectivity index is 1.51. The van der Waals surface area contributed by atoms with E-state index >= 15 is 0 Å². The van der Waals surface area contributed by atoms with Gasteiger partial charge in [-0.2, -0.15) is 0 Å². The van der Waals surface area contributed by atoms with Crippen molar-refractivity contribution in [2.75, 3.05) is 6.61 Å². The lowest BCUT2D eigenvalue weighted by molar-refractivity contribution is 0.255. The summed E-state index contributed by atoms with van der Waals surface area (Å²) in [5.41, 5.74) is 6.48. The molecule has 1 aromatic carbocycles. The molecule has 4 aromatic rings. The van der Waals surface area contributed by atoms with Crippen molar-refractivity contribution in [1.29, 1.82) is 0 Å². The van der Waals surface area contributed by atoms with E-state index < -0.39 is 0 Å². The number of nitrogens with zero attached hydrogens (tertiary/aromatic N) is 3. The molecule has 6 rings (SSSR count). The second-order valence-electron chi connectivity index (χ2n) is 8.86. The van der Waals surface area contributed by atoms with Gasteiger partial charge >= 0.3 is 0 Å². The molecule has 2 aliphatic carbocycles. The van der Waals surface area contributed by atoms with Crippen molar-refractivity contribution in [2.45, 2.75) is 56.3 Å². The van der Waals surface area contributed by atoms with Crippen LogP contribution in [-0.2, 0) is 5.41 Å². The smallest absolute Gasteiger partial charge is 0.154 e. The third kappa shape index (κ3) is 2.64. The van der Waals surface area contributed by atoms with E-state index in [1.165, 1.54) is 43.5 Å². The highest BCUT2D eigenvalue weighted by atomic mass is 16.3. The van der Waals surface area contributed by atoms with Crippen LogP contribution in [0.5, 0.6) is 0 Å². The van der Waals surface area contributed by atoms with Crippen LogP contribution in [0.1, 0.15) is 62.3 Å². The lowest BCUT2D eigenvalue weighted by atomic mass is 9.89. The molecule has 3 aromatic heterocycles. The summed E-state index contributed by atoms with van der Waals surface area (Å²) < 4.78 is 2.33. The molecular formula is C24H26N4O. The van der Waals surface area contributed by atoms with Crippen molar-refractivity contribution in [3.05, 3.63) is 54.1 Å². The van der Waals surface area contributed by atoms with E-state index in [9.17, 15) is 5.11 Å². The number of imidazole rings is 1. The van der Waals surface area contributed by atoms with Gasteiger partial charge in [-0.15, -0.1) is 0 Å². The monoisotopic (exact) mass is 386 g/mol. The molecule has 0 aliphatic heterocycles. The average molecular weight is 386 g/mol. The summed E-state index contributed by atoms with van der Waals surface area (Å²) >= 11 is 0. The zero-order valence-corrected chi connectivity index (χ0v) is 16.6. The fourth-order valence-corrected chi connectivity index (χ4v) is 5.10. The molecule has 0 radical (unpaired) electrons. The van der Waals surface area contributed by atoms with Crippen molar-refractivity contribution >= 4 is 16.7 Å². The van der Waals surface area contributed by atoms with Crippen molar-refractivity contribution < 1.29 is 5.11 Å². The van der Waals surface area contributed by atoms with Gasteiger partial charge in [-0.1, -0.05) is 43.5 Å². The van der Waals surface area contributed by atoms with E-state index in [0.717, 1.165) is 40.8 Å². The quantitative estimate of drug-likeness (QED) is 0.521. The van der Waals surface area contributed by atoms with Gasteiger partial charge in [0.2, 0.25) is 0 Å². The molecule has 3 heterocycles. The molecule has 0 atom stereocenters. The van der Waals surface area contributed by atoms with Crippen LogP contribution in [-0.4, -0.2) is 31.1 Å². The predicted octanol–water partition coefficient (Wildman–Crippen LogP) is 4.95. The third-order valence-electron chi connectivity index (χ3n) is 7.10. The van der Waals surface area contributed by atoms with Gasteiger partial charge in [0.05, 0.1) is 29.5 Å². The zero-order chi connectivity index (χ0) is 19.4. The van der Waals surface area contributed by atoms with Gasteiger partial charge in [0, 0.05) is 23.1 Å². The first-order valence-electron chi connectivity index (χ1n) is 10.9. The van der Waals surface area contributed by atoms with E-state index in [-0.39, 0.29) is 12.0 Å². The Bertz CT molecular complexity index is 1180. The van der Waals surface area contributed by atoms with Gasteiger partial charge in [0.15, 0.2) is 5.65 Å². The SMILES string of the molecule is OCC1(c2ccc(-c3nc(C4CCCCC4)n4c3cnc3[nH]ccc34)cc2)CC1. The van der Waals surface area contributed by atoms with Crippen molar-refractivity contribution in [3.8, 4) is 11.3 Å². The minimum Gasteiger partial charge on any atom is -0.395 e. The van der Waals surface area contributed by atoms with E-state index in [1.807, 2.05) is 12.4 Å². The van der Waals surface area contributed by atoms with Crippen LogP contribution in [0.25, 0.3) is 27.9 Å². The molecule has 5 nitrogen and oxygen atoms in total. The maximum Gasteiger partial charge on any atom is 0.154 e. The van der Waals surface area contributed by atoms with Crippen molar-refractivity contribution in [1.82, 2.24) is 19.4 Å². The van der Waals surface area contributed by atoms with Crippen molar-refractivity contribution in [3.63, 3.8) is 0 Å². The molecule has 0 spiro atoms. The maximum absolute atomic E-state index is 9.74. The third-order valence-corrected chi connectivity index (χ3v) is 7.10. The van der Waals surface area contributed by atoms with Crippen LogP contribution in [0.2, 0.25) is 0 Å². The molecule has 29 heavy (non-hydrogen) atoms. The summed E-state index contributed by atoms with van der Waals surface area (Å²) in [7, 11) is 0. The van der Waals surface area contributed by atoms with Gasteiger partial charge in [-0.25, -0.2) is 9.97 Å². The topological polar surface area (TPSA) is 66.2 Å². The van der Waals surface area contributed by atoms with Gasteiger partial charge < -0.3 is 10.1 Å². The molecule has 148 valence electrons. The molecule has 0 saturated heterocycles. The Morgan fingerprint density at radius 1 is 1.03 bits per heavy atom. The number of aromatic amines is 1. The fourth-order valence-electron chi connectivity index (χ4n) is 5.10. The minimum atomic E-state index is 0.000891. The Morgan fingerprint density at radius 2 is 1.83 bits per heavy atom. The lowest BCUT2D eigenvalue weighted by Gasteiger charge is -2.20. The van der Waals surface area contributed by atoms with E-state index in [0.29, 0.717) is 5.92 Å². The van der Waals surface area contributed by atoms with E-state index in [4.69, 9.17) is 4.98 Å². The molecule has 0 unspecified atom stereocenters. The molecule has 5 heteroatoms. The lowest BCUT2D eigenvalue weighted by Crippen LogP contribution is -2.11. The summed E-state index contributed by atoms with van der Waals surface area (Å²) in [4.78, 5) is 13.1. The number of aliphatic hydroxyl groups excluding tert-OH is 1. The summed E-state index contributed by atoms with van der Waals surface area (Å²) in [6.07, 6.45) is 12.4. The van der Waals surface area contributed by atoms with Crippen LogP contribution in [0.15, 0.2) is 42.7 Å². The second-order valence-corrected chi connectivity index (χ2v) is 8.86. The number of aliphatic hydroxyl groups is 1. The largest absolute Gasteiger partial charge is 0.395 e. The molecule has 0 bridgehead atoms. The maximum atomic E-state index is 9.74. The summed E-state index contributed by atoms with van der Waals surface area (Å²) in [5.74, 6) is 1.69. The number of benzene rings is 1. The van der Waals surface area contributed by atoms with E-state index in [1.54, 1.807) is 0 Å². The first kappa shape index (κ1) is 17.2. The predicted molar refractivity (Wildman–Crippen MR) is 114 cm³/mol. The van der Waals surface area contributed by atoms with Crippen LogP contribution in [0, 0.1) is 0 Å². The van der Waals surface area contributed by atoms with Crippen LogP contribution < -0.4 is 0 Å². The van der Waals surface area contributed by atoms with E-state index in [2.05, 4.69) is 44.7 Å². The van der Waals surface area contributed by atoms with Crippen LogP contribution in [0.3, 0.4) is 0 Å². The second kappa shape index (κ2) is 6.42. The molecule has 2 aliphatic rings. The number of hydrogen-bond acceptors (Lipinski definition) is 3. The van der Waals surface area contributed by atoms with Gasteiger partial charge in [0.1, 0.15) is 5.82 Å². The van der Waals surface area contributed by atoms with Crippen molar-refractivity contribution in [2.24, 2.45) is 0 Å². The summed E-state index contributed by atoms with van der Waals surface area (Å²) in [5, 5.41) is 9.74. The minimum absolute atomic E-state index is 0.000891. The number of H-pyrrole nitrogens is 1. The summed E-state index contributed by atoms with van der Waals surface area (Å²) in [6.45, 7) is 0.237. The highest BCUT2D eigenvalue weighted by molar-refractivity contribution is 5.84. The first-order valence-corrected chi connectivity index (χ1v) is 10.9. The number of fused-ring (bicyclic) bond motifs is 3. The number of hydrogen-bond donors (Lipinski definition) is 2. The molecule has 2 fully saturated rings. The number of rotatable bonds is 4. The Morgan fingerprint density at radius 3 is 2.55 bits per heavy atom. The Kier molecular flexibility index (Phi) is 3.81. The molecular weight excluding hydrogens is 360 g/mol. The highest BCUT2D eigenvalue weighted by Crippen LogP contribution is 2.48. The molecule has 0 amide bonds. The van der Waals surface area contributed by atoms with Gasteiger partial charge in [-0.3, -0.25) is 4.40 Å². The Hall–Kier alpha value is -2.66. The Labute approximate surface area is 169 Å². The average Bonchev–Trinajstić information content (AvgIpc) is 3.26. The fraction of sp³-hybridized carbons (Fsp3) is 0.417. The highest BCUT2D eigenvalue weighted by Gasteiger charge is 2.43. The molecule has 2 N–H and O–H groups in total. The normalized spacial score (nSPS) is 19.2.